The van der Waals surface area contributed by atoms with Crippen LogP contribution in [0.25, 0.3) is 10.2 Å². The number of hydrogen-bond acceptors (Lipinski definition) is 5. The molecule has 3 rings (SSSR count). The average Bonchev–Trinajstić information content (AvgIpc) is 2.97. The Kier molecular flexibility index (Phi) is 6.31. The molecule has 0 saturated heterocycles. The molecule has 1 aliphatic rings. The maximum absolute atomic E-state index is 13.1. The second-order valence-corrected chi connectivity index (χ2v) is 9.89. The van der Waals surface area contributed by atoms with Crippen LogP contribution in [-0.4, -0.2) is 27.3 Å². The van der Waals surface area contributed by atoms with E-state index in [0.29, 0.717) is 23.5 Å². The fourth-order valence-electron chi connectivity index (χ4n) is 3.39. The zero-order chi connectivity index (χ0) is 19.7. The maximum atomic E-state index is 13.1. The number of thioether (sulfide) groups is 1. The third-order valence-corrected chi connectivity index (χ3v) is 7.54. The van der Waals surface area contributed by atoms with E-state index in [4.69, 9.17) is 4.98 Å². The predicted octanol–water partition coefficient (Wildman–Crippen LogP) is 3.86. The van der Waals surface area contributed by atoms with Crippen molar-refractivity contribution in [1.82, 2.24) is 14.9 Å². The summed E-state index contributed by atoms with van der Waals surface area (Å²) in [5, 5.41) is 4.47. The Morgan fingerprint density at radius 1 is 1.41 bits per heavy atom. The first-order chi connectivity index (χ1) is 12.8. The smallest absolute Gasteiger partial charge is 0.263 e. The highest BCUT2D eigenvalue weighted by Crippen LogP contribution is 2.36. The van der Waals surface area contributed by atoms with Crippen molar-refractivity contribution in [3.8, 4) is 0 Å². The number of thiophene rings is 1. The van der Waals surface area contributed by atoms with Gasteiger partial charge in [0.1, 0.15) is 4.83 Å². The van der Waals surface area contributed by atoms with Gasteiger partial charge >= 0.3 is 0 Å². The van der Waals surface area contributed by atoms with E-state index < -0.39 is 0 Å². The lowest BCUT2D eigenvalue weighted by Crippen LogP contribution is -2.37. The van der Waals surface area contributed by atoms with Gasteiger partial charge in [0, 0.05) is 17.5 Å². The highest BCUT2D eigenvalue weighted by molar-refractivity contribution is 7.99. The van der Waals surface area contributed by atoms with Crippen molar-refractivity contribution in [2.75, 3.05) is 5.75 Å². The molecule has 27 heavy (non-hydrogen) atoms. The molecule has 1 N–H and O–H groups in total. The molecule has 2 aromatic rings. The molecular formula is C20H29N3O2S2. The van der Waals surface area contributed by atoms with Gasteiger partial charge in [-0.15, -0.1) is 11.3 Å². The van der Waals surface area contributed by atoms with Crippen LogP contribution in [-0.2, 0) is 24.2 Å². The minimum atomic E-state index is -0.0162. The summed E-state index contributed by atoms with van der Waals surface area (Å²) in [6.45, 7) is 11.0. The lowest BCUT2D eigenvalue weighted by Gasteiger charge is -2.18. The Morgan fingerprint density at radius 2 is 2.15 bits per heavy atom. The molecule has 0 bridgehead atoms. The molecule has 0 unspecified atom stereocenters. The van der Waals surface area contributed by atoms with Gasteiger partial charge in [0.05, 0.1) is 11.1 Å². The summed E-state index contributed by atoms with van der Waals surface area (Å²) in [7, 11) is 0. The molecule has 2 heterocycles. The minimum absolute atomic E-state index is 0.0162. The van der Waals surface area contributed by atoms with Crippen LogP contribution in [0.5, 0.6) is 0 Å². The molecular weight excluding hydrogens is 378 g/mol. The van der Waals surface area contributed by atoms with E-state index in [2.05, 4.69) is 26.1 Å². The number of nitrogens with one attached hydrogen (secondary N) is 1. The Hall–Kier alpha value is -1.34. The number of hydrogen-bond donors (Lipinski definition) is 1. The number of fused-ring (bicyclic) bond motifs is 3. The van der Waals surface area contributed by atoms with Gasteiger partial charge in [0.2, 0.25) is 5.91 Å². The van der Waals surface area contributed by atoms with Crippen LogP contribution in [0.15, 0.2) is 9.95 Å². The number of carbonyl (C=O) groups excluding carboxylic acids is 1. The van der Waals surface area contributed by atoms with Gasteiger partial charge in [-0.1, -0.05) is 32.5 Å². The van der Waals surface area contributed by atoms with Gasteiger partial charge in [0.15, 0.2) is 5.16 Å². The van der Waals surface area contributed by atoms with Crippen molar-refractivity contribution in [3.05, 3.63) is 20.8 Å². The molecule has 7 heteroatoms. The Balaban J connectivity index is 1.88. The van der Waals surface area contributed by atoms with E-state index in [0.717, 1.165) is 29.5 Å². The molecule has 0 aliphatic heterocycles. The molecule has 0 radical (unpaired) electrons. The summed E-state index contributed by atoms with van der Waals surface area (Å²) in [6, 6.07) is 0.132. The zero-order valence-corrected chi connectivity index (χ0v) is 18.4. The van der Waals surface area contributed by atoms with Crippen LogP contribution in [0.3, 0.4) is 0 Å². The normalized spacial score (nSPS) is 17.9. The molecule has 1 aliphatic carbocycles. The van der Waals surface area contributed by atoms with Crippen molar-refractivity contribution >= 4 is 39.2 Å². The summed E-state index contributed by atoms with van der Waals surface area (Å²) in [6.07, 6.45) is 3.15. The summed E-state index contributed by atoms with van der Waals surface area (Å²) < 4.78 is 1.72. The largest absolute Gasteiger partial charge is 0.353 e. The van der Waals surface area contributed by atoms with Crippen molar-refractivity contribution in [1.29, 1.82) is 0 Å². The number of nitrogens with zero attached hydrogens (tertiary/aromatic N) is 2. The highest BCUT2D eigenvalue weighted by Gasteiger charge is 2.24. The second-order valence-electron chi connectivity index (χ2n) is 7.86. The van der Waals surface area contributed by atoms with Gasteiger partial charge in [0.25, 0.3) is 5.56 Å². The van der Waals surface area contributed by atoms with Crippen LogP contribution < -0.4 is 10.9 Å². The third kappa shape index (κ3) is 4.24. The standard InChI is InChI=1S/C20H29N3O2S2/c1-6-23-19(25)17-14-8-7-12(4)9-15(14)27-18(17)22-20(23)26-10-16(24)21-13(5)11(2)3/h11-13H,6-10H2,1-5H3,(H,21,24)/t12-,13+/m1/s1. The molecule has 0 spiro atoms. The molecule has 2 atom stereocenters. The lowest BCUT2D eigenvalue weighted by atomic mass is 9.89. The molecule has 148 valence electrons. The van der Waals surface area contributed by atoms with E-state index in [1.54, 1.807) is 15.9 Å². The summed E-state index contributed by atoms with van der Waals surface area (Å²) in [5.74, 6) is 1.32. The zero-order valence-electron chi connectivity index (χ0n) is 16.8. The second kappa shape index (κ2) is 8.35. The minimum Gasteiger partial charge on any atom is -0.353 e. The van der Waals surface area contributed by atoms with E-state index in [1.165, 1.54) is 22.2 Å². The quantitative estimate of drug-likeness (QED) is 0.583. The fraction of sp³-hybridized carbons (Fsp3) is 0.650. The van der Waals surface area contributed by atoms with Gasteiger partial charge in [-0.25, -0.2) is 4.98 Å². The molecule has 2 aromatic heterocycles. The topological polar surface area (TPSA) is 64.0 Å². The molecule has 0 aromatic carbocycles. The van der Waals surface area contributed by atoms with E-state index >= 15 is 0 Å². The summed E-state index contributed by atoms with van der Waals surface area (Å²) in [4.78, 5) is 32.3. The number of aromatic nitrogens is 2. The molecule has 1 amide bonds. The fourth-order valence-corrected chi connectivity index (χ4v) is 5.68. The molecule has 5 nitrogen and oxygen atoms in total. The molecule has 0 saturated carbocycles. The van der Waals surface area contributed by atoms with Crippen molar-refractivity contribution in [3.63, 3.8) is 0 Å². The summed E-state index contributed by atoms with van der Waals surface area (Å²) in [5.41, 5.74) is 1.26. The predicted molar refractivity (Wildman–Crippen MR) is 114 cm³/mol. The van der Waals surface area contributed by atoms with E-state index in [9.17, 15) is 9.59 Å². The van der Waals surface area contributed by atoms with Crippen LogP contribution in [0.4, 0.5) is 0 Å². The molecule has 0 fully saturated rings. The van der Waals surface area contributed by atoms with E-state index in [1.807, 2.05) is 13.8 Å². The average molecular weight is 408 g/mol. The van der Waals surface area contributed by atoms with Gasteiger partial charge < -0.3 is 5.32 Å². The van der Waals surface area contributed by atoms with Crippen LogP contribution in [0.1, 0.15) is 51.5 Å². The van der Waals surface area contributed by atoms with Crippen LogP contribution in [0.2, 0.25) is 0 Å². The van der Waals surface area contributed by atoms with Crippen molar-refractivity contribution in [2.24, 2.45) is 11.8 Å². The Morgan fingerprint density at radius 3 is 2.81 bits per heavy atom. The monoisotopic (exact) mass is 407 g/mol. The van der Waals surface area contributed by atoms with Crippen molar-refractivity contribution < 1.29 is 4.79 Å². The lowest BCUT2D eigenvalue weighted by molar-refractivity contribution is -0.119. The van der Waals surface area contributed by atoms with Crippen LogP contribution in [0, 0.1) is 11.8 Å². The first-order valence-corrected chi connectivity index (χ1v) is 11.6. The van der Waals surface area contributed by atoms with Crippen LogP contribution >= 0.6 is 23.1 Å². The number of rotatable bonds is 6. The van der Waals surface area contributed by atoms with E-state index in [-0.39, 0.29) is 23.3 Å². The highest BCUT2D eigenvalue weighted by atomic mass is 32.2. The Labute approximate surface area is 169 Å². The first kappa shape index (κ1) is 20.4. The van der Waals surface area contributed by atoms with Gasteiger partial charge in [-0.05, 0) is 50.5 Å². The van der Waals surface area contributed by atoms with Crippen molar-refractivity contribution in [2.45, 2.75) is 71.6 Å². The maximum Gasteiger partial charge on any atom is 0.263 e. The third-order valence-electron chi connectivity index (χ3n) is 5.42. The van der Waals surface area contributed by atoms with Gasteiger partial charge in [-0.3, -0.25) is 14.2 Å². The number of amides is 1. The Bertz CT molecular complexity index is 901. The van der Waals surface area contributed by atoms with Gasteiger partial charge in [-0.2, -0.15) is 0 Å². The SMILES string of the molecule is CCn1c(SCC(=O)N[C@@H](C)C(C)C)nc2sc3c(c2c1=O)CC[C@@H](C)C3. The first-order valence-electron chi connectivity index (χ1n) is 9.79. The number of aryl methyl sites for hydroxylation is 1. The summed E-state index contributed by atoms with van der Waals surface area (Å²) >= 11 is 3.02. The number of carbonyl (C=O) groups is 1.